The molecule has 0 spiro atoms. The van der Waals surface area contributed by atoms with Gasteiger partial charge in [0.05, 0.1) is 4.91 Å². The van der Waals surface area contributed by atoms with Gasteiger partial charge < -0.3 is 14.2 Å². The van der Waals surface area contributed by atoms with Gasteiger partial charge in [0, 0.05) is 18.7 Å². The lowest BCUT2D eigenvalue weighted by Gasteiger charge is -2.15. The summed E-state index contributed by atoms with van der Waals surface area (Å²) in [5.74, 6) is -0.342. The zero-order chi connectivity index (χ0) is 18.0. The summed E-state index contributed by atoms with van der Waals surface area (Å²) in [7, 11) is -2.37. The first-order chi connectivity index (χ1) is 11.8. The van der Waals surface area contributed by atoms with E-state index in [0.29, 0.717) is 21.4 Å². The van der Waals surface area contributed by atoms with Gasteiger partial charge in [-0.2, -0.15) is 4.99 Å². The molecule has 1 amide bonds. The highest BCUT2D eigenvalue weighted by molar-refractivity contribution is 8.18. The molecule has 1 aromatic carbocycles. The van der Waals surface area contributed by atoms with E-state index >= 15 is 0 Å². The van der Waals surface area contributed by atoms with E-state index in [4.69, 9.17) is 4.74 Å². The lowest BCUT2D eigenvalue weighted by atomic mass is 10.2. The highest BCUT2D eigenvalue weighted by Crippen LogP contribution is 2.38. The van der Waals surface area contributed by atoms with Gasteiger partial charge in [-0.3, -0.25) is 4.79 Å². The number of amides is 1. The predicted molar refractivity (Wildman–Crippen MR) is 100 cm³/mol. The fourth-order valence-electron chi connectivity index (χ4n) is 2.57. The zero-order valence-electron chi connectivity index (χ0n) is 14.2. The molecule has 0 N–H and O–H groups in total. The first-order valence-corrected chi connectivity index (χ1v) is 11.7. The van der Waals surface area contributed by atoms with Crippen LogP contribution in [0.4, 0.5) is 4.39 Å². The maximum absolute atomic E-state index is 13.6. The molecule has 0 bridgehead atoms. The maximum Gasteiger partial charge on any atom is 0.286 e. The summed E-state index contributed by atoms with van der Waals surface area (Å²) >= 11 is 1.30. The Morgan fingerprint density at radius 3 is 2.76 bits per heavy atom. The van der Waals surface area contributed by atoms with E-state index in [1.807, 2.05) is 0 Å². The van der Waals surface area contributed by atoms with Crippen molar-refractivity contribution in [2.24, 2.45) is 4.99 Å². The molecule has 0 atom stereocenters. The van der Waals surface area contributed by atoms with Crippen LogP contribution < -0.4 is 4.74 Å². The van der Waals surface area contributed by atoms with Crippen LogP contribution in [0.3, 0.4) is 0 Å². The lowest BCUT2D eigenvalue weighted by molar-refractivity contribution is -0.113. The summed E-state index contributed by atoms with van der Waals surface area (Å²) < 4.78 is 31.1. The summed E-state index contributed by atoms with van der Waals surface area (Å²) in [4.78, 5) is 18.8. The second kappa shape index (κ2) is 7.34. The number of nitrogens with zero attached hydrogens (tertiary/aromatic N) is 2. The number of benzene rings is 1. The third-order valence-corrected chi connectivity index (χ3v) is 5.57. The summed E-state index contributed by atoms with van der Waals surface area (Å²) in [6.45, 7) is 5.06. The molecular formula is C17H20FN2O3PS. The van der Waals surface area contributed by atoms with Crippen molar-refractivity contribution in [1.29, 1.82) is 0 Å². The molecule has 3 rings (SSSR count). The minimum Gasteiger partial charge on any atom is -0.485 e. The van der Waals surface area contributed by atoms with Gasteiger partial charge in [0.15, 0.2) is 5.17 Å². The normalized spacial score (nSPS) is 19.6. The van der Waals surface area contributed by atoms with Crippen molar-refractivity contribution < 1.29 is 18.5 Å². The number of aliphatic imine (C=N–C) groups is 1. The smallest absolute Gasteiger partial charge is 0.286 e. The Labute approximate surface area is 150 Å². The van der Waals surface area contributed by atoms with Gasteiger partial charge in [-0.05, 0) is 62.2 Å². The van der Waals surface area contributed by atoms with Crippen molar-refractivity contribution >= 4 is 36.1 Å². The second-order valence-electron chi connectivity index (χ2n) is 6.53. The minimum atomic E-state index is -2.37. The molecule has 0 radical (unpaired) electrons. The molecule has 0 unspecified atom stereocenters. The summed E-state index contributed by atoms with van der Waals surface area (Å²) in [6.07, 6.45) is 3.85. The van der Waals surface area contributed by atoms with Crippen LogP contribution in [0.25, 0.3) is 6.08 Å². The van der Waals surface area contributed by atoms with Gasteiger partial charge in [-0.1, -0.05) is 0 Å². The van der Waals surface area contributed by atoms with Gasteiger partial charge >= 0.3 is 0 Å². The molecule has 1 aromatic rings. The van der Waals surface area contributed by atoms with E-state index in [0.717, 1.165) is 25.9 Å². The quantitative estimate of drug-likeness (QED) is 0.585. The first-order valence-electron chi connectivity index (χ1n) is 8.06. The number of rotatable bonds is 4. The number of carbonyl (C=O) groups is 1. The largest absolute Gasteiger partial charge is 0.485 e. The Bertz CT molecular complexity index is 797. The molecule has 2 aliphatic heterocycles. The number of halogens is 1. The number of amidine groups is 1. The number of carbonyl (C=O) groups excluding carboxylic acids is 1. The van der Waals surface area contributed by atoms with Gasteiger partial charge in [-0.25, -0.2) is 4.39 Å². The standard InChI is InChI=1S/C17H20FN2O3PS/c1-24(2,22)11-23-14-6-5-13(18)9-12(14)10-15-16(21)19-17(25-15)20-7-3-4-8-20/h5-6,9-10H,3-4,7-8,11H2,1-2H3/b15-10-. The summed E-state index contributed by atoms with van der Waals surface area (Å²) in [6, 6.07) is 4.08. The molecule has 8 heteroatoms. The van der Waals surface area contributed by atoms with E-state index in [2.05, 4.69) is 9.89 Å². The maximum atomic E-state index is 13.6. The molecular weight excluding hydrogens is 362 g/mol. The molecule has 25 heavy (non-hydrogen) atoms. The van der Waals surface area contributed by atoms with Crippen molar-refractivity contribution in [2.45, 2.75) is 12.8 Å². The van der Waals surface area contributed by atoms with Crippen LogP contribution in [0.2, 0.25) is 0 Å². The topological polar surface area (TPSA) is 59.0 Å². The molecule has 0 saturated carbocycles. The van der Waals surface area contributed by atoms with Crippen LogP contribution in [0.5, 0.6) is 5.75 Å². The molecule has 0 aliphatic carbocycles. The van der Waals surface area contributed by atoms with Gasteiger partial charge in [0.2, 0.25) is 0 Å². The van der Waals surface area contributed by atoms with Crippen LogP contribution >= 0.6 is 18.9 Å². The lowest BCUT2D eigenvalue weighted by Crippen LogP contribution is -2.23. The minimum absolute atomic E-state index is 0.0609. The highest BCUT2D eigenvalue weighted by Gasteiger charge is 2.28. The van der Waals surface area contributed by atoms with Gasteiger partial charge in [-0.15, -0.1) is 0 Å². The second-order valence-corrected chi connectivity index (χ2v) is 10.9. The Kier molecular flexibility index (Phi) is 5.35. The van der Waals surface area contributed by atoms with Crippen LogP contribution in [-0.4, -0.2) is 48.7 Å². The average molecular weight is 382 g/mol. The van der Waals surface area contributed by atoms with Crippen LogP contribution in [-0.2, 0) is 9.36 Å². The van der Waals surface area contributed by atoms with Crippen molar-refractivity contribution in [3.8, 4) is 5.75 Å². The fraction of sp³-hybridized carbons (Fsp3) is 0.412. The Hall–Kier alpha value is -1.59. The van der Waals surface area contributed by atoms with Crippen molar-refractivity contribution in [2.75, 3.05) is 32.8 Å². The third-order valence-electron chi connectivity index (χ3n) is 3.78. The molecule has 5 nitrogen and oxygen atoms in total. The van der Waals surface area contributed by atoms with Gasteiger partial charge in [0.1, 0.15) is 25.1 Å². The van der Waals surface area contributed by atoms with Gasteiger partial charge in [0.25, 0.3) is 5.91 Å². The van der Waals surface area contributed by atoms with Crippen LogP contribution in [0.15, 0.2) is 28.1 Å². The molecule has 1 saturated heterocycles. The molecule has 1 fully saturated rings. The first kappa shape index (κ1) is 18.2. The van der Waals surface area contributed by atoms with Crippen molar-refractivity contribution in [3.63, 3.8) is 0 Å². The summed E-state index contributed by atoms with van der Waals surface area (Å²) in [5.41, 5.74) is 0.446. The number of ether oxygens (including phenoxy) is 1. The van der Waals surface area contributed by atoms with Crippen LogP contribution in [0, 0.1) is 5.82 Å². The number of likely N-dealkylation sites (tertiary alicyclic amines) is 1. The Morgan fingerprint density at radius 2 is 2.08 bits per heavy atom. The van der Waals surface area contributed by atoms with E-state index in [1.54, 1.807) is 19.4 Å². The number of hydrogen-bond donors (Lipinski definition) is 0. The van der Waals surface area contributed by atoms with E-state index in [-0.39, 0.29) is 12.3 Å². The molecule has 2 aliphatic rings. The van der Waals surface area contributed by atoms with Crippen molar-refractivity contribution in [1.82, 2.24) is 4.90 Å². The summed E-state index contributed by atoms with van der Waals surface area (Å²) in [5, 5.41) is 0.708. The van der Waals surface area contributed by atoms with Crippen LogP contribution in [0.1, 0.15) is 18.4 Å². The average Bonchev–Trinajstić information content (AvgIpc) is 3.16. The monoisotopic (exact) mass is 382 g/mol. The number of hydrogen-bond acceptors (Lipinski definition) is 5. The Morgan fingerprint density at radius 1 is 1.36 bits per heavy atom. The third kappa shape index (κ3) is 4.73. The Balaban J connectivity index is 1.82. The van der Waals surface area contributed by atoms with Crippen molar-refractivity contribution in [3.05, 3.63) is 34.5 Å². The fourth-order valence-corrected chi connectivity index (χ4v) is 3.98. The molecule has 2 heterocycles. The van der Waals surface area contributed by atoms with E-state index in [1.165, 1.54) is 30.0 Å². The predicted octanol–water partition coefficient (Wildman–Crippen LogP) is 3.85. The SMILES string of the molecule is CP(C)(=O)COc1ccc(F)cc1/C=C1\SC(N2CCCC2)=NC1=O. The molecule has 0 aromatic heterocycles. The highest BCUT2D eigenvalue weighted by atomic mass is 32.2. The molecule has 134 valence electrons. The van der Waals surface area contributed by atoms with E-state index < -0.39 is 13.0 Å². The zero-order valence-corrected chi connectivity index (χ0v) is 15.9. The van der Waals surface area contributed by atoms with E-state index in [9.17, 15) is 13.8 Å². The number of thioether (sulfide) groups is 1.